The van der Waals surface area contributed by atoms with Crippen LogP contribution in [-0.4, -0.2) is 62.1 Å². The highest BCUT2D eigenvalue weighted by Gasteiger charge is 2.47. The molecule has 51 heavy (non-hydrogen) atoms. The van der Waals surface area contributed by atoms with Crippen LogP contribution in [0.1, 0.15) is 133 Å². The Morgan fingerprint density at radius 2 is 1.45 bits per heavy atom. The zero-order valence-corrected chi connectivity index (χ0v) is 32.6. The van der Waals surface area contributed by atoms with Crippen molar-refractivity contribution in [3.05, 3.63) is 66.0 Å². The van der Waals surface area contributed by atoms with Crippen molar-refractivity contribution in [2.45, 2.75) is 136 Å². The first kappa shape index (κ1) is 45.7. The summed E-state index contributed by atoms with van der Waals surface area (Å²) in [6, 6.07) is 13.6. The van der Waals surface area contributed by atoms with E-state index in [2.05, 4.69) is 12.2 Å². The minimum absolute atomic E-state index is 0. The maximum absolute atomic E-state index is 13.2. The van der Waals surface area contributed by atoms with Gasteiger partial charge in [0.1, 0.15) is 5.56 Å². The molecule has 3 N–H and O–H groups in total. The van der Waals surface area contributed by atoms with E-state index in [-0.39, 0.29) is 43.9 Å². The molecule has 1 aromatic carbocycles. The van der Waals surface area contributed by atoms with Crippen LogP contribution in [0.4, 0.5) is 9.59 Å². The summed E-state index contributed by atoms with van der Waals surface area (Å²) in [5, 5.41) is 2.72. The fourth-order valence-corrected chi connectivity index (χ4v) is 6.49. The molecule has 10 nitrogen and oxygen atoms in total. The minimum Gasteiger partial charge on any atom is -1.00 e. The van der Waals surface area contributed by atoms with Gasteiger partial charge in [-0.05, 0) is 19.4 Å². The number of nitrogens with zero attached hydrogens (tertiary/aromatic N) is 2. The van der Waals surface area contributed by atoms with Gasteiger partial charge in [0.2, 0.25) is 0 Å². The maximum atomic E-state index is 13.2. The third kappa shape index (κ3) is 17.6. The molecule has 0 radical (unpaired) electrons. The number of halogens is 1. The van der Waals surface area contributed by atoms with Crippen LogP contribution < -0.4 is 28.0 Å². The molecule has 2 aromatic rings. The number of rotatable bonds is 26. The zero-order valence-electron chi connectivity index (χ0n) is 31.9. The summed E-state index contributed by atoms with van der Waals surface area (Å²) >= 11 is 0. The number of nitrogens with two attached hydrogens (primary N) is 1. The number of nitrogens with one attached hydrogen (secondary N) is 1. The Morgan fingerprint density at radius 1 is 0.863 bits per heavy atom. The van der Waals surface area contributed by atoms with E-state index in [0.717, 1.165) is 24.8 Å². The van der Waals surface area contributed by atoms with E-state index in [9.17, 15) is 14.4 Å². The van der Waals surface area contributed by atoms with Crippen molar-refractivity contribution in [3.63, 3.8) is 0 Å². The van der Waals surface area contributed by atoms with E-state index in [4.69, 9.17) is 19.9 Å². The third-order valence-corrected chi connectivity index (χ3v) is 9.53. The Kier molecular flexibility index (Phi) is 23.6. The number of carbonyl (C=O) groups excluding carboxylic acids is 3. The van der Waals surface area contributed by atoms with Crippen molar-refractivity contribution in [2.75, 3.05) is 27.2 Å². The number of hydrogen-bond donors (Lipinski definition) is 2. The quantitative estimate of drug-likeness (QED) is 0.0783. The summed E-state index contributed by atoms with van der Waals surface area (Å²) in [6.45, 7) is 6.96. The molecule has 1 heterocycles. The fourth-order valence-electron chi connectivity index (χ4n) is 6.49. The monoisotopic (exact) mass is 732 g/mol. The molecule has 1 aromatic heterocycles. The van der Waals surface area contributed by atoms with E-state index in [1.807, 2.05) is 60.3 Å². The van der Waals surface area contributed by atoms with Gasteiger partial charge in [-0.1, -0.05) is 128 Å². The first-order valence-electron chi connectivity index (χ1n) is 18.9. The summed E-state index contributed by atoms with van der Waals surface area (Å²) in [4.78, 5) is 39.9. The third-order valence-electron chi connectivity index (χ3n) is 9.53. The smallest absolute Gasteiger partial charge is 0.410 e. The molecule has 3 unspecified atom stereocenters. The normalized spacial score (nSPS) is 13.3. The number of benzene rings is 1. The van der Waals surface area contributed by atoms with Crippen LogP contribution in [0.5, 0.6) is 0 Å². The molecule has 0 fully saturated rings. The number of methoxy groups -OCH3 is 1. The number of alkyl carbamates (subject to hydrolysis) is 1. The summed E-state index contributed by atoms with van der Waals surface area (Å²) in [6.07, 6.45) is 18.6. The van der Waals surface area contributed by atoms with Crippen LogP contribution in [0.25, 0.3) is 0 Å². The second-order valence-electron chi connectivity index (χ2n) is 13.5. The average molecular weight is 733 g/mol. The van der Waals surface area contributed by atoms with Gasteiger partial charge in [-0.3, -0.25) is 4.79 Å². The van der Waals surface area contributed by atoms with Gasteiger partial charge in [-0.15, -0.1) is 0 Å². The zero-order chi connectivity index (χ0) is 36.6. The molecule has 0 aliphatic carbocycles. The van der Waals surface area contributed by atoms with E-state index in [1.54, 1.807) is 32.0 Å². The standard InChI is InChI=1S/C40H64N4O6.ClH/c1-6-8-9-10-11-12-13-14-15-16-17-18-22-27-36(33(3)48-5)40(7-2,49-38(41)46)50-39(47)42-28-30-43(4)37(45)35-26-23-29-44(32-35)31-34-24-20-19-21-25-34;/h19-21,23-26,29,32-33,36H,6-18,22,27-28,30-31H2,1-5H3,(H2-,41,42,46,47);1H. The van der Waals surface area contributed by atoms with Crippen LogP contribution in [-0.2, 0) is 20.8 Å². The molecule has 0 aliphatic rings. The Labute approximate surface area is 313 Å². The lowest BCUT2D eigenvalue weighted by Crippen LogP contribution is -3.00. The van der Waals surface area contributed by atoms with Crippen LogP contribution in [0.3, 0.4) is 0 Å². The summed E-state index contributed by atoms with van der Waals surface area (Å²) in [5.74, 6) is -2.19. The number of pyridine rings is 1. The van der Waals surface area contributed by atoms with Gasteiger partial charge in [-0.25, -0.2) is 9.59 Å². The van der Waals surface area contributed by atoms with E-state index in [0.29, 0.717) is 18.5 Å². The van der Waals surface area contributed by atoms with Crippen LogP contribution >= 0.6 is 0 Å². The van der Waals surface area contributed by atoms with Gasteiger partial charge in [0.25, 0.3) is 11.7 Å². The molecule has 11 heteroatoms. The van der Waals surface area contributed by atoms with Crippen molar-refractivity contribution in [1.82, 2.24) is 10.2 Å². The Morgan fingerprint density at radius 3 is 2.00 bits per heavy atom. The second kappa shape index (κ2) is 26.4. The van der Waals surface area contributed by atoms with Gasteiger partial charge >= 0.3 is 12.2 Å². The highest BCUT2D eigenvalue weighted by atomic mass is 35.5. The molecule has 0 saturated carbocycles. The van der Waals surface area contributed by atoms with Crippen LogP contribution in [0.2, 0.25) is 0 Å². The van der Waals surface area contributed by atoms with Crippen molar-refractivity contribution in [1.29, 1.82) is 0 Å². The average Bonchev–Trinajstić information content (AvgIpc) is 3.11. The largest absolute Gasteiger partial charge is 1.00 e. The molecule has 2 rings (SSSR count). The highest BCUT2D eigenvalue weighted by Crippen LogP contribution is 2.36. The molecule has 0 bridgehead atoms. The Balaban J connectivity index is 0.0000130. The molecule has 0 aliphatic heterocycles. The topological polar surface area (TPSA) is 124 Å². The lowest BCUT2D eigenvalue weighted by molar-refractivity contribution is -0.688. The predicted octanol–water partition coefficient (Wildman–Crippen LogP) is 5.16. The fraction of sp³-hybridized carbons (Fsp3) is 0.650. The minimum atomic E-state index is -1.60. The van der Waals surface area contributed by atoms with E-state index in [1.165, 1.54) is 64.2 Å². The highest BCUT2D eigenvalue weighted by molar-refractivity contribution is 5.93. The SMILES string of the molecule is CCCCCCCCCCCCCCCC(C(C)OC)C(CC)(OC(N)=O)OC(=O)NCCN(C)C(=O)c1ccc[n+](Cc2ccccc2)c1.[Cl-]. The van der Waals surface area contributed by atoms with Crippen molar-refractivity contribution < 1.29 is 45.6 Å². The van der Waals surface area contributed by atoms with Gasteiger partial charge in [0, 0.05) is 45.3 Å². The number of likely N-dealkylation sites (N-methyl/N-ethyl adjacent to an activating group) is 1. The van der Waals surface area contributed by atoms with Crippen molar-refractivity contribution >= 4 is 18.1 Å². The summed E-state index contributed by atoms with van der Waals surface area (Å²) < 4.78 is 19.1. The molecular weight excluding hydrogens is 668 g/mol. The number of hydrogen-bond acceptors (Lipinski definition) is 6. The lowest BCUT2D eigenvalue weighted by atomic mass is 9.85. The molecule has 3 amide bonds. The van der Waals surface area contributed by atoms with Crippen molar-refractivity contribution in [3.8, 4) is 0 Å². The van der Waals surface area contributed by atoms with Gasteiger partial charge in [0.05, 0.1) is 12.0 Å². The number of primary amides is 1. The molecule has 0 spiro atoms. The first-order chi connectivity index (χ1) is 24.2. The van der Waals surface area contributed by atoms with E-state index >= 15 is 0 Å². The molecule has 288 valence electrons. The maximum Gasteiger partial charge on any atom is 0.410 e. The second-order valence-corrected chi connectivity index (χ2v) is 13.5. The number of ether oxygens (including phenoxy) is 3. The lowest BCUT2D eigenvalue weighted by Gasteiger charge is -2.40. The Bertz CT molecular complexity index is 1250. The number of amides is 3. The van der Waals surface area contributed by atoms with Crippen LogP contribution in [0, 0.1) is 5.92 Å². The van der Waals surface area contributed by atoms with Gasteiger partial charge < -0.3 is 42.6 Å². The first-order valence-corrected chi connectivity index (χ1v) is 18.9. The van der Waals surface area contributed by atoms with Gasteiger partial charge in [-0.2, -0.15) is 4.57 Å². The van der Waals surface area contributed by atoms with Crippen LogP contribution in [0.15, 0.2) is 54.9 Å². The molecular formula is C40H65ClN4O6. The van der Waals surface area contributed by atoms with Gasteiger partial charge in [0.15, 0.2) is 18.9 Å². The number of unbranched alkanes of at least 4 members (excludes halogenated alkanes) is 12. The number of carbonyl (C=O) groups is 3. The van der Waals surface area contributed by atoms with Crippen molar-refractivity contribution in [2.24, 2.45) is 11.7 Å². The number of aromatic nitrogens is 1. The molecule has 0 saturated heterocycles. The predicted molar refractivity (Wildman–Crippen MR) is 198 cm³/mol. The summed E-state index contributed by atoms with van der Waals surface area (Å²) in [5.41, 5.74) is 7.18. The molecule has 3 atom stereocenters. The Hall–Kier alpha value is -3.37. The summed E-state index contributed by atoms with van der Waals surface area (Å²) in [7, 11) is 3.28. The van der Waals surface area contributed by atoms with E-state index < -0.39 is 23.9 Å².